The van der Waals surface area contributed by atoms with E-state index in [-0.39, 0.29) is 5.91 Å². The molecule has 0 radical (unpaired) electrons. The van der Waals surface area contributed by atoms with E-state index in [1.807, 2.05) is 0 Å². The number of amides is 1. The van der Waals surface area contributed by atoms with Gasteiger partial charge < -0.3 is 11.1 Å². The molecule has 0 saturated carbocycles. The lowest BCUT2D eigenvalue weighted by Gasteiger charge is -1.95. The number of nitrogens with zero attached hydrogens (tertiary/aromatic N) is 1. The number of nitrogen functional groups attached to an aromatic ring is 1. The van der Waals surface area contributed by atoms with Crippen LogP contribution in [-0.2, 0) is 0 Å². The molecular formula is C7H9N3OS. The van der Waals surface area contributed by atoms with E-state index in [4.69, 9.17) is 5.73 Å². The molecule has 3 N–H and O–H groups in total. The third-order valence-electron chi connectivity index (χ3n) is 1.12. The van der Waals surface area contributed by atoms with Crippen LogP contribution in [0.2, 0.25) is 0 Å². The zero-order valence-corrected chi connectivity index (χ0v) is 7.23. The Kier molecular flexibility index (Phi) is 2.82. The highest BCUT2D eigenvalue weighted by Gasteiger charge is 2.07. The van der Waals surface area contributed by atoms with Crippen LogP contribution in [0.4, 0.5) is 5.82 Å². The fraction of sp³-hybridized carbons (Fsp3) is 0.143. The summed E-state index contributed by atoms with van der Waals surface area (Å²) in [5.41, 5.74) is 5.34. The molecule has 0 aromatic carbocycles. The van der Waals surface area contributed by atoms with Gasteiger partial charge in [0.1, 0.15) is 5.82 Å². The molecule has 64 valence electrons. The summed E-state index contributed by atoms with van der Waals surface area (Å²) in [4.78, 5) is 15.0. The van der Waals surface area contributed by atoms with Crippen LogP contribution in [0.3, 0.4) is 0 Å². The van der Waals surface area contributed by atoms with Crippen LogP contribution in [0.1, 0.15) is 9.80 Å². The number of carbonyl (C=O) groups is 1. The molecule has 0 fully saturated rings. The van der Waals surface area contributed by atoms with E-state index >= 15 is 0 Å². The van der Waals surface area contributed by atoms with Crippen molar-refractivity contribution in [3.8, 4) is 0 Å². The lowest BCUT2D eigenvalue weighted by Crippen LogP contribution is -2.22. The Balaban J connectivity index is 2.59. The molecule has 12 heavy (non-hydrogen) atoms. The molecular weight excluding hydrogens is 174 g/mol. The molecule has 1 amide bonds. The minimum absolute atomic E-state index is 0.211. The van der Waals surface area contributed by atoms with Crippen molar-refractivity contribution < 1.29 is 4.79 Å². The Morgan fingerprint density at radius 3 is 3.17 bits per heavy atom. The summed E-state index contributed by atoms with van der Waals surface area (Å²) < 4.78 is 0. The minimum Gasteiger partial charge on any atom is -0.383 e. The highest BCUT2D eigenvalue weighted by atomic mass is 32.1. The third kappa shape index (κ3) is 2.06. The Morgan fingerprint density at radius 2 is 2.67 bits per heavy atom. The molecule has 0 unspecified atom stereocenters. The Bertz CT molecular complexity index is 295. The van der Waals surface area contributed by atoms with Gasteiger partial charge in [0.2, 0.25) is 0 Å². The fourth-order valence-corrected chi connectivity index (χ4v) is 1.25. The van der Waals surface area contributed by atoms with Crippen molar-refractivity contribution in [3.63, 3.8) is 0 Å². The average molecular weight is 183 g/mol. The first kappa shape index (κ1) is 8.73. The van der Waals surface area contributed by atoms with Gasteiger partial charge in [0.25, 0.3) is 5.91 Å². The van der Waals surface area contributed by atoms with Crippen LogP contribution in [-0.4, -0.2) is 17.4 Å². The van der Waals surface area contributed by atoms with Crippen LogP contribution in [0, 0.1) is 0 Å². The molecule has 0 saturated heterocycles. The maximum Gasteiger partial charge on any atom is 0.280 e. The van der Waals surface area contributed by atoms with Crippen molar-refractivity contribution in [1.29, 1.82) is 0 Å². The molecule has 1 aromatic rings. The predicted octanol–water partition coefficient (Wildman–Crippen LogP) is 0.641. The third-order valence-corrected chi connectivity index (χ3v) is 1.98. The van der Waals surface area contributed by atoms with Gasteiger partial charge in [0.05, 0.1) is 0 Å². The summed E-state index contributed by atoms with van der Waals surface area (Å²) in [6.45, 7) is 3.92. The van der Waals surface area contributed by atoms with Crippen LogP contribution in [0.5, 0.6) is 0 Å². The molecule has 1 aromatic heterocycles. The van der Waals surface area contributed by atoms with Gasteiger partial charge in [-0.05, 0) is 0 Å². The van der Waals surface area contributed by atoms with Gasteiger partial charge >= 0.3 is 0 Å². The largest absolute Gasteiger partial charge is 0.383 e. The first-order valence-corrected chi connectivity index (χ1v) is 4.22. The standard InChI is InChI=1S/C7H9N3OS/c1-2-3-9-6(11)7-10-5(8)4-12-7/h2,4H,1,3,8H2,(H,9,11). The summed E-state index contributed by atoms with van der Waals surface area (Å²) in [7, 11) is 0. The van der Waals surface area contributed by atoms with Gasteiger partial charge in [-0.15, -0.1) is 17.9 Å². The van der Waals surface area contributed by atoms with Crippen molar-refractivity contribution in [2.45, 2.75) is 0 Å². The molecule has 1 heterocycles. The number of thiazole rings is 1. The zero-order chi connectivity index (χ0) is 8.97. The Hall–Kier alpha value is -1.36. The SMILES string of the molecule is C=CCNC(=O)c1nc(N)cs1. The smallest absolute Gasteiger partial charge is 0.280 e. The molecule has 0 atom stereocenters. The topological polar surface area (TPSA) is 68.0 Å². The highest BCUT2D eigenvalue weighted by molar-refractivity contribution is 7.12. The maximum absolute atomic E-state index is 11.2. The molecule has 0 aliphatic carbocycles. The van der Waals surface area contributed by atoms with Crippen LogP contribution in [0.15, 0.2) is 18.0 Å². The second kappa shape index (κ2) is 3.87. The maximum atomic E-state index is 11.2. The quantitative estimate of drug-likeness (QED) is 0.676. The normalized spacial score (nSPS) is 9.33. The number of nitrogens with one attached hydrogen (secondary N) is 1. The summed E-state index contributed by atoms with van der Waals surface area (Å²) in [6.07, 6.45) is 1.61. The van der Waals surface area contributed by atoms with Crippen molar-refractivity contribution >= 4 is 23.1 Å². The summed E-state index contributed by atoms with van der Waals surface area (Å²) in [5.74, 6) is 0.167. The number of hydrogen-bond acceptors (Lipinski definition) is 4. The van der Waals surface area contributed by atoms with Crippen LogP contribution in [0.25, 0.3) is 0 Å². The molecule has 1 rings (SSSR count). The summed E-state index contributed by atoms with van der Waals surface area (Å²) >= 11 is 1.23. The molecule has 4 nitrogen and oxygen atoms in total. The number of aromatic nitrogens is 1. The van der Waals surface area contributed by atoms with E-state index in [1.165, 1.54) is 11.3 Å². The van der Waals surface area contributed by atoms with E-state index in [0.717, 1.165) is 0 Å². The molecule has 0 aliphatic rings. The van der Waals surface area contributed by atoms with Crippen LogP contribution < -0.4 is 11.1 Å². The lowest BCUT2D eigenvalue weighted by atomic mass is 10.5. The van der Waals surface area contributed by atoms with E-state index in [9.17, 15) is 4.79 Å². The summed E-state index contributed by atoms with van der Waals surface area (Å²) in [6, 6.07) is 0. The van der Waals surface area contributed by atoms with E-state index in [0.29, 0.717) is 17.4 Å². The van der Waals surface area contributed by atoms with Gasteiger partial charge in [0, 0.05) is 11.9 Å². The summed E-state index contributed by atoms with van der Waals surface area (Å²) in [5, 5.41) is 4.61. The number of hydrogen-bond donors (Lipinski definition) is 2. The predicted molar refractivity (Wildman–Crippen MR) is 49.1 cm³/mol. The first-order valence-electron chi connectivity index (χ1n) is 3.34. The van der Waals surface area contributed by atoms with Gasteiger partial charge in [-0.1, -0.05) is 6.08 Å². The van der Waals surface area contributed by atoms with E-state index < -0.39 is 0 Å². The molecule has 0 aliphatic heterocycles. The number of rotatable bonds is 3. The Morgan fingerprint density at radius 1 is 1.92 bits per heavy atom. The van der Waals surface area contributed by atoms with Crippen molar-refractivity contribution in [2.75, 3.05) is 12.3 Å². The van der Waals surface area contributed by atoms with Crippen molar-refractivity contribution in [3.05, 3.63) is 23.0 Å². The second-order valence-corrected chi connectivity index (χ2v) is 2.93. The molecule has 5 heteroatoms. The zero-order valence-electron chi connectivity index (χ0n) is 6.41. The van der Waals surface area contributed by atoms with Gasteiger partial charge in [0.15, 0.2) is 5.01 Å². The minimum atomic E-state index is -0.211. The molecule has 0 spiro atoms. The number of carbonyl (C=O) groups excluding carboxylic acids is 1. The van der Waals surface area contributed by atoms with E-state index in [2.05, 4.69) is 16.9 Å². The van der Waals surface area contributed by atoms with Crippen molar-refractivity contribution in [2.24, 2.45) is 0 Å². The highest BCUT2D eigenvalue weighted by Crippen LogP contribution is 2.09. The van der Waals surface area contributed by atoms with Gasteiger partial charge in [-0.25, -0.2) is 4.98 Å². The number of anilines is 1. The second-order valence-electron chi connectivity index (χ2n) is 2.08. The van der Waals surface area contributed by atoms with Crippen molar-refractivity contribution in [1.82, 2.24) is 10.3 Å². The number of nitrogens with two attached hydrogens (primary N) is 1. The first-order chi connectivity index (χ1) is 5.74. The molecule has 0 bridgehead atoms. The lowest BCUT2D eigenvalue weighted by molar-refractivity contribution is 0.0957. The van der Waals surface area contributed by atoms with E-state index in [1.54, 1.807) is 11.5 Å². The monoisotopic (exact) mass is 183 g/mol. The average Bonchev–Trinajstić information content (AvgIpc) is 2.47. The fourth-order valence-electron chi connectivity index (χ4n) is 0.631. The Labute approximate surface area is 74.1 Å². The van der Waals surface area contributed by atoms with Gasteiger partial charge in [-0.2, -0.15) is 0 Å². The van der Waals surface area contributed by atoms with Crippen LogP contribution >= 0.6 is 11.3 Å². The van der Waals surface area contributed by atoms with Gasteiger partial charge in [-0.3, -0.25) is 4.79 Å².